The summed E-state index contributed by atoms with van der Waals surface area (Å²) in [5.41, 5.74) is -1.22. The molecule has 170 valence electrons. The summed E-state index contributed by atoms with van der Waals surface area (Å²) in [6, 6.07) is 9.21. The van der Waals surface area contributed by atoms with E-state index < -0.39 is 42.7 Å². The number of thiocarbonyl (C=S) groups is 1. The molecule has 15 heteroatoms. The lowest BCUT2D eigenvalue weighted by atomic mass is 10.1. The van der Waals surface area contributed by atoms with Gasteiger partial charge in [0.15, 0.2) is 5.11 Å². The minimum Gasteiger partial charge on any atom is -0.495 e. The van der Waals surface area contributed by atoms with Gasteiger partial charge in [-0.2, -0.15) is 0 Å². The fourth-order valence-electron chi connectivity index (χ4n) is 2.39. The van der Waals surface area contributed by atoms with Crippen LogP contribution >= 0.6 is 47.0 Å². The number of ether oxygens (including phenoxy) is 1. The van der Waals surface area contributed by atoms with Gasteiger partial charge in [0.2, 0.25) is 3.79 Å². The van der Waals surface area contributed by atoms with Gasteiger partial charge in [-0.3, -0.25) is 25.0 Å². The Morgan fingerprint density at radius 1 is 1.06 bits per heavy atom. The number of alkyl halides is 3. The average Bonchev–Trinajstić information content (AvgIpc) is 2.72. The van der Waals surface area contributed by atoms with Gasteiger partial charge in [0.05, 0.1) is 34.3 Å². The maximum atomic E-state index is 12.6. The van der Waals surface area contributed by atoms with Crippen molar-refractivity contribution >= 4 is 75.1 Å². The zero-order valence-corrected chi connectivity index (χ0v) is 19.1. The molecule has 1 atom stereocenters. The highest BCUT2D eigenvalue weighted by Crippen LogP contribution is 2.30. The topological polar surface area (TPSA) is 149 Å². The van der Waals surface area contributed by atoms with E-state index in [4.69, 9.17) is 51.8 Å². The molecule has 32 heavy (non-hydrogen) atoms. The number of hydrogen-bond donors (Lipinski definition) is 3. The SMILES string of the molecule is COc1ccccc1NC(=S)N[C@H](NC(=O)c1cc([N+](=O)[O-])cc([N+](=O)[O-])c1)C(Cl)(Cl)Cl. The molecule has 0 saturated carbocycles. The average molecular weight is 523 g/mol. The number of rotatable bonds is 7. The molecule has 0 aliphatic heterocycles. The van der Waals surface area contributed by atoms with Gasteiger partial charge in [-0.1, -0.05) is 46.9 Å². The maximum absolute atomic E-state index is 12.6. The number of para-hydroxylation sites is 2. The van der Waals surface area contributed by atoms with Gasteiger partial charge in [-0.25, -0.2) is 0 Å². The lowest BCUT2D eigenvalue weighted by Gasteiger charge is -2.28. The van der Waals surface area contributed by atoms with E-state index in [-0.39, 0.29) is 5.11 Å². The fourth-order valence-corrected chi connectivity index (χ4v) is 2.94. The number of carbonyl (C=O) groups excluding carboxylic acids is 1. The van der Waals surface area contributed by atoms with Crippen LogP contribution in [-0.4, -0.2) is 37.9 Å². The number of carbonyl (C=O) groups is 1. The normalized spacial score (nSPS) is 11.8. The van der Waals surface area contributed by atoms with Crippen molar-refractivity contribution in [1.29, 1.82) is 0 Å². The van der Waals surface area contributed by atoms with Crippen LogP contribution in [0.3, 0.4) is 0 Å². The Labute approximate surface area is 201 Å². The van der Waals surface area contributed by atoms with E-state index in [0.29, 0.717) is 17.5 Å². The number of hydrogen-bond acceptors (Lipinski definition) is 7. The van der Waals surface area contributed by atoms with Gasteiger partial charge in [0.25, 0.3) is 17.3 Å². The number of amides is 1. The minimum atomic E-state index is -2.13. The molecule has 0 aliphatic carbocycles. The van der Waals surface area contributed by atoms with Crippen LogP contribution in [0.5, 0.6) is 5.75 Å². The van der Waals surface area contributed by atoms with Crippen LogP contribution in [0, 0.1) is 20.2 Å². The van der Waals surface area contributed by atoms with Gasteiger partial charge >= 0.3 is 0 Å². The number of nitro groups is 2. The van der Waals surface area contributed by atoms with Crippen LogP contribution in [0.1, 0.15) is 10.4 Å². The maximum Gasteiger partial charge on any atom is 0.277 e. The molecule has 0 fully saturated rings. The predicted octanol–water partition coefficient (Wildman–Crippen LogP) is 3.92. The molecule has 2 aromatic rings. The number of nitrogens with zero attached hydrogens (tertiary/aromatic N) is 2. The Kier molecular flexibility index (Phi) is 8.38. The van der Waals surface area contributed by atoms with Crippen LogP contribution in [0.2, 0.25) is 0 Å². The van der Waals surface area contributed by atoms with Crippen LogP contribution in [0.25, 0.3) is 0 Å². The number of anilines is 1. The van der Waals surface area contributed by atoms with Gasteiger partial charge in [0.1, 0.15) is 11.9 Å². The van der Waals surface area contributed by atoms with Crippen molar-refractivity contribution in [2.75, 3.05) is 12.4 Å². The predicted molar refractivity (Wildman–Crippen MR) is 124 cm³/mol. The van der Waals surface area contributed by atoms with E-state index in [1.165, 1.54) is 7.11 Å². The van der Waals surface area contributed by atoms with Crippen molar-refractivity contribution < 1.29 is 19.4 Å². The van der Waals surface area contributed by atoms with Gasteiger partial charge in [-0.15, -0.1) is 0 Å². The summed E-state index contributed by atoms with van der Waals surface area (Å²) in [4.78, 5) is 33.0. The van der Waals surface area contributed by atoms with Crippen LogP contribution in [-0.2, 0) is 0 Å². The van der Waals surface area contributed by atoms with Crippen LogP contribution in [0.4, 0.5) is 17.1 Å². The first kappa shape index (κ1) is 25.3. The van der Waals surface area contributed by atoms with Crippen molar-refractivity contribution in [3.05, 3.63) is 68.3 Å². The highest BCUT2D eigenvalue weighted by molar-refractivity contribution is 7.80. The summed E-state index contributed by atoms with van der Waals surface area (Å²) in [5, 5.41) is 29.7. The summed E-state index contributed by atoms with van der Waals surface area (Å²) in [7, 11) is 1.46. The molecule has 0 unspecified atom stereocenters. The van der Waals surface area contributed by atoms with E-state index in [2.05, 4.69) is 16.0 Å². The smallest absolute Gasteiger partial charge is 0.277 e. The highest BCUT2D eigenvalue weighted by atomic mass is 35.6. The van der Waals surface area contributed by atoms with Crippen molar-refractivity contribution in [3.63, 3.8) is 0 Å². The molecule has 0 aromatic heterocycles. The Bertz CT molecular complexity index is 1030. The largest absolute Gasteiger partial charge is 0.495 e. The van der Waals surface area contributed by atoms with Gasteiger partial charge < -0.3 is 20.7 Å². The first-order chi connectivity index (χ1) is 14.9. The number of non-ortho nitro benzene ring substituents is 2. The first-order valence-electron chi connectivity index (χ1n) is 8.44. The summed E-state index contributed by atoms with van der Waals surface area (Å²) in [6.45, 7) is 0. The zero-order chi connectivity index (χ0) is 24.1. The number of methoxy groups -OCH3 is 1. The van der Waals surface area contributed by atoms with Crippen molar-refractivity contribution in [1.82, 2.24) is 10.6 Å². The number of nitro benzene ring substituents is 2. The molecule has 2 aromatic carbocycles. The molecule has 0 heterocycles. The Morgan fingerprint density at radius 2 is 1.62 bits per heavy atom. The first-order valence-corrected chi connectivity index (χ1v) is 9.98. The molecule has 1 amide bonds. The van der Waals surface area contributed by atoms with Crippen LogP contribution in [0.15, 0.2) is 42.5 Å². The Morgan fingerprint density at radius 3 is 2.12 bits per heavy atom. The van der Waals surface area contributed by atoms with E-state index in [1.807, 2.05) is 0 Å². The third-order valence-electron chi connectivity index (χ3n) is 3.82. The van der Waals surface area contributed by atoms with Crippen molar-refractivity contribution in [2.45, 2.75) is 9.96 Å². The molecule has 0 aliphatic rings. The summed E-state index contributed by atoms with van der Waals surface area (Å²) < 4.78 is 3.06. The molecule has 0 radical (unpaired) electrons. The molecule has 0 bridgehead atoms. The van der Waals surface area contributed by atoms with E-state index >= 15 is 0 Å². The highest BCUT2D eigenvalue weighted by Gasteiger charge is 2.35. The number of benzene rings is 2. The fraction of sp³-hybridized carbons (Fsp3) is 0.176. The Hall–Kier alpha value is -2.93. The van der Waals surface area contributed by atoms with E-state index in [9.17, 15) is 25.0 Å². The van der Waals surface area contributed by atoms with Gasteiger partial charge in [0, 0.05) is 12.1 Å². The minimum absolute atomic E-state index is 0.0591. The molecular weight excluding hydrogens is 509 g/mol. The van der Waals surface area contributed by atoms with Crippen LogP contribution < -0.4 is 20.7 Å². The Balaban J connectivity index is 2.24. The number of halogens is 3. The van der Waals surface area contributed by atoms with Crippen molar-refractivity contribution in [3.8, 4) is 5.75 Å². The standard InChI is InChI=1S/C17H14Cl3N5O6S/c1-31-13-5-3-2-4-12(13)21-16(32)23-15(17(18,19)20)22-14(26)9-6-10(24(27)28)8-11(7-9)25(29)30/h2-8,15H,1H3,(H,22,26)(H2,21,23,32)/t15-/m0/s1. The molecule has 2 rings (SSSR count). The lowest BCUT2D eigenvalue weighted by molar-refractivity contribution is -0.394. The summed E-state index contributed by atoms with van der Waals surface area (Å²) >= 11 is 23.0. The zero-order valence-electron chi connectivity index (χ0n) is 16.0. The molecular formula is C17H14Cl3N5O6S. The van der Waals surface area contributed by atoms with E-state index in [1.54, 1.807) is 24.3 Å². The van der Waals surface area contributed by atoms with Crippen molar-refractivity contribution in [2.24, 2.45) is 0 Å². The second-order valence-electron chi connectivity index (χ2n) is 6.00. The lowest BCUT2D eigenvalue weighted by Crippen LogP contribution is -2.56. The second kappa shape index (κ2) is 10.6. The summed E-state index contributed by atoms with van der Waals surface area (Å²) in [6.07, 6.45) is -1.42. The molecule has 0 saturated heterocycles. The second-order valence-corrected chi connectivity index (χ2v) is 8.78. The number of nitrogens with one attached hydrogen (secondary N) is 3. The third-order valence-corrected chi connectivity index (χ3v) is 4.69. The van der Waals surface area contributed by atoms with Gasteiger partial charge in [-0.05, 0) is 24.4 Å². The summed E-state index contributed by atoms with van der Waals surface area (Å²) in [5.74, 6) is -0.518. The third kappa shape index (κ3) is 6.79. The molecule has 0 spiro atoms. The monoisotopic (exact) mass is 521 g/mol. The quantitative estimate of drug-likeness (QED) is 0.162. The van der Waals surface area contributed by atoms with E-state index in [0.717, 1.165) is 12.1 Å². The molecule has 11 nitrogen and oxygen atoms in total. The molecule has 3 N–H and O–H groups in total.